The molecule has 0 saturated carbocycles. The second-order valence-corrected chi connectivity index (χ2v) is 6.22. The van der Waals surface area contributed by atoms with Crippen LogP contribution < -0.4 is 4.74 Å². The van der Waals surface area contributed by atoms with Crippen molar-refractivity contribution in [2.45, 2.75) is 23.8 Å². The van der Waals surface area contributed by atoms with Crippen LogP contribution in [0.4, 0.5) is 0 Å². The number of rotatable bonds is 5. The molecule has 25 heavy (non-hydrogen) atoms. The maximum absolute atomic E-state index is 5.78. The lowest BCUT2D eigenvalue weighted by atomic mass is 10.2. The van der Waals surface area contributed by atoms with Crippen LogP contribution in [0.5, 0.6) is 5.75 Å². The van der Waals surface area contributed by atoms with Crippen molar-refractivity contribution < 1.29 is 9.15 Å². The van der Waals surface area contributed by atoms with Gasteiger partial charge >= 0.3 is 0 Å². The van der Waals surface area contributed by atoms with Crippen molar-refractivity contribution in [3.05, 3.63) is 48.5 Å². The summed E-state index contributed by atoms with van der Waals surface area (Å²) in [5.41, 5.74) is 2.50. The maximum Gasteiger partial charge on any atom is 0.264 e. The normalized spacial score (nSPS) is 11.1. The summed E-state index contributed by atoms with van der Waals surface area (Å²) in [7, 11) is 1.65. The number of hydrogen-bond donors (Lipinski definition) is 0. The summed E-state index contributed by atoms with van der Waals surface area (Å²) in [5, 5.41) is 9.97. The highest BCUT2D eigenvalue weighted by molar-refractivity contribution is 7.99. The zero-order chi connectivity index (χ0) is 17.2. The Morgan fingerprint density at radius 1 is 1.08 bits per heavy atom. The molecule has 0 atom stereocenters. The van der Waals surface area contributed by atoms with Gasteiger partial charge in [-0.3, -0.25) is 0 Å². The SMILES string of the molecule is CCn1c(Sc2nc3ccccc3o2)nnc1-c1ccccc1OC. The Morgan fingerprint density at radius 2 is 1.88 bits per heavy atom. The highest BCUT2D eigenvalue weighted by Gasteiger charge is 2.18. The van der Waals surface area contributed by atoms with E-state index in [0.29, 0.717) is 5.22 Å². The molecule has 126 valence electrons. The van der Waals surface area contributed by atoms with Crippen LogP contribution in [0.25, 0.3) is 22.5 Å². The second kappa shape index (κ2) is 6.60. The van der Waals surface area contributed by atoms with Crippen molar-refractivity contribution in [1.82, 2.24) is 19.7 Å². The van der Waals surface area contributed by atoms with E-state index in [9.17, 15) is 0 Å². The first-order chi connectivity index (χ1) is 12.3. The molecule has 0 spiro atoms. The topological polar surface area (TPSA) is 66.0 Å². The molecule has 0 bridgehead atoms. The number of para-hydroxylation sites is 3. The van der Waals surface area contributed by atoms with E-state index in [4.69, 9.17) is 9.15 Å². The van der Waals surface area contributed by atoms with Crippen molar-refractivity contribution in [1.29, 1.82) is 0 Å². The fraction of sp³-hybridized carbons (Fsp3) is 0.167. The lowest BCUT2D eigenvalue weighted by Crippen LogP contribution is -2.00. The van der Waals surface area contributed by atoms with E-state index in [-0.39, 0.29) is 0 Å². The van der Waals surface area contributed by atoms with Crippen LogP contribution in [-0.2, 0) is 6.54 Å². The molecule has 2 aromatic carbocycles. The average Bonchev–Trinajstić information content (AvgIpc) is 3.24. The predicted octanol–water partition coefficient (Wildman–Crippen LogP) is 4.27. The van der Waals surface area contributed by atoms with E-state index in [2.05, 4.69) is 22.1 Å². The van der Waals surface area contributed by atoms with E-state index in [1.807, 2.05) is 53.1 Å². The highest BCUT2D eigenvalue weighted by Crippen LogP contribution is 2.33. The van der Waals surface area contributed by atoms with Crippen molar-refractivity contribution >= 4 is 22.9 Å². The number of hydrogen-bond acceptors (Lipinski definition) is 6. The van der Waals surface area contributed by atoms with E-state index >= 15 is 0 Å². The van der Waals surface area contributed by atoms with E-state index in [1.165, 1.54) is 11.8 Å². The van der Waals surface area contributed by atoms with Crippen LogP contribution in [-0.4, -0.2) is 26.9 Å². The molecular weight excluding hydrogens is 336 g/mol. The Bertz CT molecular complexity index is 992. The van der Waals surface area contributed by atoms with Gasteiger partial charge in [0.15, 0.2) is 11.4 Å². The molecule has 2 heterocycles. The fourth-order valence-electron chi connectivity index (χ4n) is 2.65. The smallest absolute Gasteiger partial charge is 0.264 e. The third kappa shape index (κ3) is 2.87. The van der Waals surface area contributed by atoms with Gasteiger partial charge in [0.25, 0.3) is 5.22 Å². The quantitative estimate of drug-likeness (QED) is 0.534. The standard InChI is InChI=1S/C18H16N4O2S/c1-3-22-16(12-8-4-6-10-14(12)23-2)20-21-17(22)25-18-19-13-9-5-7-11-15(13)24-18/h4-11H,3H2,1-2H3. The summed E-state index contributed by atoms with van der Waals surface area (Å²) in [5.74, 6) is 1.53. The summed E-state index contributed by atoms with van der Waals surface area (Å²) in [4.78, 5) is 4.49. The number of aromatic nitrogens is 4. The Morgan fingerprint density at radius 3 is 2.68 bits per heavy atom. The lowest BCUT2D eigenvalue weighted by molar-refractivity contribution is 0.416. The summed E-state index contributed by atoms with van der Waals surface area (Å²) in [6, 6.07) is 15.5. The van der Waals surface area contributed by atoms with Crippen LogP contribution in [0, 0.1) is 0 Å². The molecule has 7 heteroatoms. The summed E-state index contributed by atoms with van der Waals surface area (Å²) < 4.78 is 13.3. The second-order valence-electron chi connectivity index (χ2n) is 5.30. The molecule has 2 aromatic heterocycles. The molecule has 0 unspecified atom stereocenters. The lowest BCUT2D eigenvalue weighted by Gasteiger charge is -2.09. The number of fused-ring (bicyclic) bond motifs is 1. The molecule has 0 radical (unpaired) electrons. The van der Waals surface area contributed by atoms with Crippen LogP contribution in [0.2, 0.25) is 0 Å². The third-order valence-corrected chi connectivity index (χ3v) is 4.67. The Hall–Kier alpha value is -2.80. The highest BCUT2D eigenvalue weighted by atomic mass is 32.2. The van der Waals surface area contributed by atoms with Gasteiger partial charge in [0.2, 0.25) is 5.16 Å². The van der Waals surface area contributed by atoms with Gasteiger partial charge in [-0.2, -0.15) is 0 Å². The van der Waals surface area contributed by atoms with Gasteiger partial charge in [-0.15, -0.1) is 10.2 Å². The number of nitrogens with zero attached hydrogens (tertiary/aromatic N) is 4. The van der Waals surface area contributed by atoms with E-state index < -0.39 is 0 Å². The van der Waals surface area contributed by atoms with E-state index in [1.54, 1.807) is 7.11 Å². The Kier molecular flexibility index (Phi) is 4.15. The molecule has 0 N–H and O–H groups in total. The average molecular weight is 352 g/mol. The number of ether oxygens (including phenoxy) is 1. The molecule has 4 aromatic rings. The molecule has 0 saturated heterocycles. The van der Waals surface area contributed by atoms with Gasteiger partial charge < -0.3 is 13.7 Å². The summed E-state index contributed by atoms with van der Waals surface area (Å²) in [6.45, 7) is 2.78. The molecule has 6 nitrogen and oxygen atoms in total. The zero-order valence-electron chi connectivity index (χ0n) is 13.8. The maximum atomic E-state index is 5.78. The minimum Gasteiger partial charge on any atom is -0.496 e. The molecule has 0 aliphatic carbocycles. The summed E-state index contributed by atoms with van der Waals surface area (Å²) in [6.07, 6.45) is 0. The number of benzene rings is 2. The van der Waals surface area contributed by atoms with Crippen molar-refractivity contribution in [3.63, 3.8) is 0 Å². The van der Waals surface area contributed by atoms with Gasteiger partial charge in [0, 0.05) is 18.3 Å². The first-order valence-corrected chi connectivity index (χ1v) is 8.72. The molecule has 0 aliphatic heterocycles. The molecule has 4 rings (SSSR count). The number of oxazole rings is 1. The van der Waals surface area contributed by atoms with Crippen LogP contribution in [0.15, 0.2) is 63.3 Å². The van der Waals surface area contributed by atoms with Gasteiger partial charge in [0.1, 0.15) is 11.3 Å². The van der Waals surface area contributed by atoms with Crippen molar-refractivity contribution in [2.24, 2.45) is 0 Å². The minimum atomic E-state index is 0.551. The molecule has 0 aliphatic rings. The van der Waals surface area contributed by atoms with E-state index in [0.717, 1.165) is 39.9 Å². The zero-order valence-corrected chi connectivity index (χ0v) is 14.7. The van der Waals surface area contributed by atoms with Gasteiger partial charge in [-0.05, 0) is 31.2 Å². The van der Waals surface area contributed by atoms with Crippen molar-refractivity contribution in [3.8, 4) is 17.1 Å². The van der Waals surface area contributed by atoms with Gasteiger partial charge in [-0.1, -0.05) is 24.3 Å². The van der Waals surface area contributed by atoms with Crippen LogP contribution >= 0.6 is 11.8 Å². The fourth-order valence-corrected chi connectivity index (χ4v) is 3.49. The predicted molar refractivity (Wildman–Crippen MR) is 95.8 cm³/mol. The molecule has 0 amide bonds. The monoisotopic (exact) mass is 352 g/mol. The van der Waals surface area contributed by atoms with Gasteiger partial charge in [-0.25, -0.2) is 4.98 Å². The summed E-state index contributed by atoms with van der Waals surface area (Å²) >= 11 is 1.36. The molecule has 0 fully saturated rings. The Balaban J connectivity index is 1.72. The first kappa shape index (κ1) is 15.7. The minimum absolute atomic E-state index is 0.551. The molecular formula is C18H16N4O2S. The van der Waals surface area contributed by atoms with Gasteiger partial charge in [0.05, 0.1) is 12.7 Å². The largest absolute Gasteiger partial charge is 0.496 e. The van der Waals surface area contributed by atoms with Crippen LogP contribution in [0.3, 0.4) is 0 Å². The number of methoxy groups -OCH3 is 1. The Labute approximate surface area is 148 Å². The first-order valence-electron chi connectivity index (χ1n) is 7.90. The van der Waals surface area contributed by atoms with Crippen LogP contribution in [0.1, 0.15) is 6.92 Å². The van der Waals surface area contributed by atoms with Crippen molar-refractivity contribution in [2.75, 3.05) is 7.11 Å². The third-order valence-electron chi connectivity index (χ3n) is 3.83.